The van der Waals surface area contributed by atoms with Gasteiger partial charge in [-0.2, -0.15) is 0 Å². The molecule has 1 aromatic carbocycles. The number of H-pyrrole nitrogens is 1. The highest BCUT2D eigenvalue weighted by atomic mass is 15.2. The van der Waals surface area contributed by atoms with Crippen molar-refractivity contribution in [3.63, 3.8) is 0 Å². The van der Waals surface area contributed by atoms with Crippen LogP contribution >= 0.6 is 0 Å². The molecule has 0 aliphatic heterocycles. The Balaban J connectivity index is 1.60. The first kappa shape index (κ1) is 17.2. The van der Waals surface area contributed by atoms with Crippen LogP contribution in [-0.2, 0) is 7.05 Å². The van der Waals surface area contributed by atoms with Crippen molar-refractivity contribution < 1.29 is 0 Å². The number of imidazole rings is 2. The van der Waals surface area contributed by atoms with Crippen LogP contribution in [-0.4, -0.2) is 29.7 Å². The van der Waals surface area contributed by atoms with Gasteiger partial charge in [-0.05, 0) is 42.7 Å². The zero-order valence-electron chi connectivity index (χ0n) is 15.9. The summed E-state index contributed by atoms with van der Waals surface area (Å²) in [6, 6.07) is 10.1. The van der Waals surface area contributed by atoms with E-state index in [0.717, 1.165) is 28.4 Å². The summed E-state index contributed by atoms with van der Waals surface area (Å²) in [6.45, 7) is 6.40. The molecule has 7 nitrogen and oxygen atoms in total. The van der Waals surface area contributed by atoms with Crippen LogP contribution in [0, 0.1) is 12.8 Å². The highest BCUT2D eigenvalue weighted by molar-refractivity contribution is 5.76. The van der Waals surface area contributed by atoms with Gasteiger partial charge >= 0.3 is 0 Å². The molecule has 3 heterocycles. The summed E-state index contributed by atoms with van der Waals surface area (Å²) in [5, 5.41) is 12.1. The number of rotatable bonds is 5. The van der Waals surface area contributed by atoms with Gasteiger partial charge in [-0.3, -0.25) is 0 Å². The van der Waals surface area contributed by atoms with Gasteiger partial charge in [0.2, 0.25) is 0 Å². The van der Waals surface area contributed by atoms with E-state index in [1.165, 1.54) is 5.56 Å². The van der Waals surface area contributed by atoms with Gasteiger partial charge in [0.1, 0.15) is 17.3 Å². The maximum atomic E-state index is 4.76. The fraction of sp³-hybridized carbons (Fsp3) is 0.300. The maximum absolute atomic E-state index is 4.76. The molecule has 1 atom stereocenters. The van der Waals surface area contributed by atoms with E-state index in [0.29, 0.717) is 11.7 Å². The molecule has 138 valence electrons. The normalized spacial score (nSPS) is 12.6. The van der Waals surface area contributed by atoms with E-state index < -0.39 is 0 Å². The third-order valence-corrected chi connectivity index (χ3v) is 4.64. The van der Waals surface area contributed by atoms with Crippen LogP contribution in [0.1, 0.15) is 31.3 Å². The monoisotopic (exact) mass is 361 g/mol. The number of nitrogens with zero attached hydrogens (tertiary/aromatic N) is 5. The number of hydrogen-bond acceptors (Lipinski definition) is 5. The van der Waals surface area contributed by atoms with Gasteiger partial charge in [0, 0.05) is 19.4 Å². The van der Waals surface area contributed by atoms with Crippen LogP contribution in [0.4, 0.5) is 5.82 Å². The Morgan fingerprint density at radius 1 is 1.11 bits per heavy atom. The van der Waals surface area contributed by atoms with Crippen molar-refractivity contribution in [2.24, 2.45) is 13.0 Å². The zero-order valence-corrected chi connectivity index (χ0v) is 15.9. The lowest BCUT2D eigenvalue weighted by molar-refractivity contribution is 0.524. The average Bonchev–Trinajstić information content (AvgIpc) is 3.25. The van der Waals surface area contributed by atoms with Crippen molar-refractivity contribution >= 4 is 16.9 Å². The van der Waals surface area contributed by atoms with Gasteiger partial charge < -0.3 is 14.9 Å². The van der Waals surface area contributed by atoms with Crippen molar-refractivity contribution in [3.8, 4) is 11.5 Å². The predicted octanol–water partition coefficient (Wildman–Crippen LogP) is 3.87. The number of nitrogens with one attached hydrogen (secondary N) is 2. The zero-order chi connectivity index (χ0) is 19.0. The van der Waals surface area contributed by atoms with Gasteiger partial charge in [0.05, 0.1) is 17.1 Å². The average molecular weight is 361 g/mol. The van der Waals surface area contributed by atoms with Crippen molar-refractivity contribution in [2.45, 2.75) is 26.8 Å². The Kier molecular flexibility index (Phi) is 4.35. The molecule has 0 unspecified atom stereocenters. The molecule has 0 aliphatic rings. The highest BCUT2D eigenvalue weighted by Gasteiger charge is 2.20. The quantitative estimate of drug-likeness (QED) is 0.564. The van der Waals surface area contributed by atoms with Gasteiger partial charge in [0.25, 0.3) is 0 Å². The van der Waals surface area contributed by atoms with E-state index in [1.807, 2.05) is 36.0 Å². The Morgan fingerprint density at radius 2 is 1.96 bits per heavy atom. The molecule has 2 N–H and O–H groups in total. The summed E-state index contributed by atoms with van der Waals surface area (Å²) in [5.74, 6) is 2.73. The van der Waals surface area contributed by atoms with Crippen molar-refractivity contribution in [1.29, 1.82) is 0 Å². The molecule has 0 saturated heterocycles. The molecule has 0 radical (unpaired) electrons. The third kappa shape index (κ3) is 3.40. The van der Waals surface area contributed by atoms with E-state index in [9.17, 15) is 0 Å². The summed E-state index contributed by atoms with van der Waals surface area (Å²) >= 11 is 0. The van der Waals surface area contributed by atoms with Crippen molar-refractivity contribution in [1.82, 2.24) is 29.7 Å². The first-order valence-electron chi connectivity index (χ1n) is 9.05. The Hall–Kier alpha value is -3.22. The Morgan fingerprint density at radius 3 is 2.63 bits per heavy atom. The summed E-state index contributed by atoms with van der Waals surface area (Å²) in [5.41, 5.74) is 3.98. The molecule has 4 rings (SSSR count). The SMILES string of the molecule is Cc1ccc2nc([C@H](Nc3ccc(-c4nccn4C)nn3)C(C)C)[nH]c2c1. The molecular weight excluding hydrogens is 338 g/mol. The van der Waals surface area contributed by atoms with E-state index >= 15 is 0 Å². The number of anilines is 1. The number of hydrogen-bond donors (Lipinski definition) is 2. The van der Waals surface area contributed by atoms with Crippen LogP contribution in [0.15, 0.2) is 42.7 Å². The molecule has 3 aromatic heterocycles. The predicted molar refractivity (Wildman–Crippen MR) is 106 cm³/mol. The minimum Gasteiger partial charge on any atom is -0.358 e. The second-order valence-corrected chi connectivity index (χ2v) is 7.17. The highest BCUT2D eigenvalue weighted by Crippen LogP contribution is 2.26. The lowest BCUT2D eigenvalue weighted by Crippen LogP contribution is -2.19. The first-order chi connectivity index (χ1) is 13.0. The molecular formula is C20H23N7. The van der Waals surface area contributed by atoms with Gasteiger partial charge in [-0.25, -0.2) is 9.97 Å². The third-order valence-electron chi connectivity index (χ3n) is 4.64. The standard InChI is InChI=1S/C20H23N7/c1-12(2)18(19-22-14-6-5-13(3)11-16(14)23-19)24-17-8-7-15(25-26-17)20-21-9-10-27(20)4/h5-12,18H,1-4H3,(H,22,23)(H,24,26)/t18-/m1/s1. The minimum absolute atomic E-state index is 0.00557. The first-order valence-corrected chi connectivity index (χ1v) is 9.05. The largest absolute Gasteiger partial charge is 0.358 e. The summed E-state index contributed by atoms with van der Waals surface area (Å²) in [4.78, 5) is 12.5. The van der Waals surface area contributed by atoms with Crippen LogP contribution in [0.2, 0.25) is 0 Å². The van der Waals surface area contributed by atoms with E-state index in [1.54, 1.807) is 6.20 Å². The number of benzene rings is 1. The van der Waals surface area contributed by atoms with E-state index in [4.69, 9.17) is 4.98 Å². The van der Waals surface area contributed by atoms with Crippen molar-refractivity contribution in [3.05, 3.63) is 54.1 Å². The number of aromatic amines is 1. The molecule has 0 amide bonds. The van der Waals surface area contributed by atoms with E-state index in [-0.39, 0.29) is 6.04 Å². The van der Waals surface area contributed by atoms with Gasteiger partial charge in [-0.15, -0.1) is 10.2 Å². The van der Waals surface area contributed by atoms with Gasteiger partial charge in [0.15, 0.2) is 5.82 Å². The molecule has 0 bridgehead atoms. The van der Waals surface area contributed by atoms with E-state index in [2.05, 4.69) is 58.4 Å². The van der Waals surface area contributed by atoms with Crippen LogP contribution < -0.4 is 5.32 Å². The number of aryl methyl sites for hydroxylation is 2. The minimum atomic E-state index is 0.00557. The fourth-order valence-corrected chi connectivity index (χ4v) is 3.14. The topological polar surface area (TPSA) is 84.3 Å². The molecule has 0 saturated carbocycles. The lowest BCUT2D eigenvalue weighted by Gasteiger charge is -2.20. The maximum Gasteiger partial charge on any atom is 0.160 e. The summed E-state index contributed by atoms with van der Waals surface area (Å²) in [6.07, 6.45) is 3.64. The molecule has 7 heteroatoms. The molecule has 4 aromatic rings. The Labute approximate surface area is 157 Å². The fourth-order valence-electron chi connectivity index (χ4n) is 3.14. The smallest absolute Gasteiger partial charge is 0.160 e. The molecule has 0 aliphatic carbocycles. The summed E-state index contributed by atoms with van der Waals surface area (Å²) in [7, 11) is 1.94. The number of aromatic nitrogens is 6. The van der Waals surface area contributed by atoms with Gasteiger partial charge in [-0.1, -0.05) is 19.9 Å². The second-order valence-electron chi connectivity index (χ2n) is 7.17. The summed E-state index contributed by atoms with van der Waals surface area (Å²) < 4.78 is 1.92. The van der Waals surface area contributed by atoms with Crippen LogP contribution in [0.5, 0.6) is 0 Å². The molecule has 0 fully saturated rings. The lowest BCUT2D eigenvalue weighted by atomic mass is 10.0. The second kappa shape index (κ2) is 6.83. The Bertz CT molecular complexity index is 1060. The molecule has 0 spiro atoms. The number of fused-ring (bicyclic) bond motifs is 1. The van der Waals surface area contributed by atoms with Crippen LogP contribution in [0.25, 0.3) is 22.6 Å². The van der Waals surface area contributed by atoms with Crippen molar-refractivity contribution in [2.75, 3.05) is 5.32 Å². The molecule has 27 heavy (non-hydrogen) atoms. The van der Waals surface area contributed by atoms with Crippen LogP contribution in [0.3, 0.4) is 0 Å².